The van der Waals surface area contributed by atoms with Gasteiger partial charge in [0, 0.05) is 76.3 Å². The van der Waals surface area contributed by atoms with Gasteiger partial charge in [-0.1, -0.05) is 85.7 Å². The van der Waals surface area contributed by atoms with Crippen molar-refractivity contribution in [2.24, 2.45) is 11.8 Å². The molecule has 0 radical (unpaired) electrons. The summed E-state index contributed by atoms with van der Waals surface area (Å²) in [4.78, 5) is 85.5. The van der Waals surface area contributed by atoms with Gasteiger partial charge in [-0.3, -0.25) is 33.0 Å². The monoisotopic (exact) mass is 1210 g/mol. The number of benzene rings is 5. The van der Waals surface area contributed by atoms with E-state index in [1.165, 1.54) is 7.11 Å². The molecule has 2 N–H and O–H groups in total. The smallest absolute Gasteiger partial charge is 0.272 e. The normalized spacial score (nSPS) is 17.7. The van der Waals surface area contributed by atoms with Gasteiger partial charge in [0.25, 0.3) is 21.9 Å². The summed E-state index contributed by atoms with van der Waals surface area (Å²) in [5.74, 6) is 0.0124. The molecule has 0 spiro atoms. The second kappa shape index (κ2) is 26.9. The van der Waals surface area contributed by atoms with Crippen LogP contribution in [0.1, 0.15) is 146 Å². The van der Waals surface area contributed by atoms with Crippen molar-refractivity contribution in [3.8, 4) is 17.2 Å². The number of fused-ring (bicyclic) bond motifs is 8. The van der Waals surface area contributed by atoms with Gasteiger partial charge < -0.3 is 34.6 Å². The van der Waals surface area contributed by atoms with Gasteiger partial charge in [0.1, 0.15) is 30.0 Å². The van der Waals surface area contributed by atoms with E-state index in [0.717, 1.165) is 54.5 Å². The number of anilines is 3. The highest BCUT2D eigenvalue weighted by Gasteiger charge is 2.48. The molecule has 0 saturated carbocycles. The van der Waals surface area contributed by atoms with Crippen molar-refractivity contribution < 1.29 is 55.6 Å². The molecule has 4 aliphatic rings. The summed E-state index contributed by atoms with van der Waals surface area (Å²) in [5.41, 5.74) is 8.26. The highest BCUT2D eigenvalue weighted by molar-refractivity contribution is 8.77. The van der Waals surface area contributed by atoms with Crippen LogP contribution in [-0.2, 0) is 72.4 Å². The van der Waals surface area contributed by atoms with E-state index in [4.69, 9.17) is 18.4 Å². The minimum Gasteiger partial charge on any atom is -0.493 e. The molecule has 19 heteroatoms. The number of ketones is 2. The molecule has 4 heterocycles. The Morgan fingerprint density at radius 3 is 2.06 bits per heavy atom. The number of carbonyl (C=O) groups excluding carboxylic acids is 6. The lowest BCUT2D eigenvalue weighted by Gasteiger charge is -2.28. The zero-order valence-electron chi connectivity index (χ0n) is 50.0. The number of hydrogen-bond donors (Lipinski definition) is 2. The summed E-state index contributed by atoms with van der Waals surface area (Å²) in [7, 11) is 1.94. The van der Waals surface area contributed by atoms with E-state index in [9.17, 15) is 37.2 Å². The molecule has 5 aromatic carbocycles. The minimum absolute atomic E-state index is 0.00647. The average molecular weight is 1220 g/mol. The lowest BCUT2D eigenvalue weighted by Crippen LogP contribution is -2.47. The Kier molecular flexibility index (Phi) is 19.9. The summed E-state index contributed by atoms with van der Waals surface area (Å²) in [5, 5.41) is 4.93. The van der Waals surface area contributed by atoms with Crippen molar-refractivity contribution in [1.29, 1.82) is 0 Å². The lowest BCUT2D eigenvalue weighted by molar-refractivity contribution is -0.131. The van der Waals surface area contributed by atoms with Crippen LogP contribution in [0.25, 0.3) is 0 Å². The van der Waals surface area contributed by atoms with Crippen LogP contribution in [-0.4, -0.2) is 91.7 Å². The van der Waals surface area contributed by atoms with Crippen molar-refractivity contribution in [2.75, 3.05) is 35.1 Å². The Balaban J connectivity index is 0.930. The van der Waals surface area contributed by atoms with Gasteiger partial charge in [0.2, 0.25) is 11.8 Å². The van der Waals surface area contributed by atoms with Crippen LogP contribution in [0.15, 0.2) is 91.0 Å². The molecule has 0 saturated heterocycles. The van der Waals surface area contributed by atoms with Gasteiger partial charge in [-0.15, -0.1) is 0 Å². The maximum Gasteiger partial charge on any atom is 0.272 e. The van der Waals surface area contributed by atoms with E-state index in [1.807, 2.05) is 87.2 Å². The number of nitrogens with zero attached hydrogens (tertiary/aromatic N) is 2. The van der Waals surface area contributed by atoms with Gasteiger partial charge in [-0.25, -0.2) is 0 Å². The molecule has 16 nitrogen and oxygen atoms in total. The van der Waals surface area contributed by atoms with Gasteiger partial charge in [0.15, 0.2) is 17.3 Å². The molecule has 0 aromatic heterocycles. The number of rotatable bonds is 26. The highest BCUT2D eigenvalue weighted by atomic mass is 33.1. The third-order valence-corrected chi connectivity index (χ3v) is 21.8. The fourth-order valence-electron chi connectivity index (χ4n) is 12.0. The Bertz CT molecular complexity index is 3490. The van der Waals surface area contributed by atoms with Crippen LogP contribution in [0.2, 0.25) is 0 Å². The Labute approximate surface area is 507 Å². The van der Waals surface area contributed by atoms with Crippen LogP contribution in [0.4, 0.5) is 17.1 Å². The maximum atomic E-state index is 14.5. The number of para-hydroxylation sites is 2. The quantitative estimate of drug-likeness (QED) is 0.0300. The van der Waals surface area contributed by atoms with Crippen LogP contribution in [0, 0.1) is 18.8 Å². The fraction of sp³-hybridized carbons (Fsp3) is 0.455. The zero-order chi connectivity index (χ0) is 60.9. The molecule has 5 atom stereocenters. The third-order valence-electron chi connectivity index (χ3n) is 16.7. The molecule has 5 aromatic rings. The maximum absolute atomic E-state index is 14.5. The second-order valence-electron chi connectivity index (χ2n) is 23.7. The molecule has 0 aliphatic carbocycles. The minimum atomic E-state index is -4.12. The number of nitrogens with one attached hydrogen (secondary N) is 2. The number of hydrogen-bond acceptors (Lipinski definition) is 14. The van der Waals surface area contributed by atoms with Crippen LogP contribution >= 0.6 is 21.6 Å². The van der Waals surface area contributed by atoms with Crippen LogP contribution in [0.3, 0.4) is 0 Å². The van der Waals surface area contributed by atoms with Crippen molar-refractivity contribution in [3.63, 3.8) is 0 Å². The molecule has 452 valence electrons. The SMILES string of the molecule is CCC(=O)CCCSSC(C)(C)CCC(=O)N[C@H](C(=O)C[C@@H](C)C(=O)Nc1cc(COc2cc3c(cc2C)C(=O)N2c4ccccc4C[C@H]2C(S(=O)(=O)OC)C3)cc(COc2cc3c(cc2OC)C(=O)N2c4ccccc4C[C@H]2CC3)c1)C(C)C. The van der Waals surface area contributed by atoms with E-state index in [2.05, 4.69) is 30.5 Å². The molecular weight excluding hydrogens is 1140 g/mol. The molecule has 0 fully saturated rings. The van der Waals surface area contributed by atoms with Gasteiger partial charge in [-0.05, 0) is 165 Å². The number of aryl methyl sites for hydroxylation is 2. The summed E-state index contributed by atoms with van der Waals surface area (Å²) in [6.45, 7) is 13.3. The molecule has 9 rings (SSSR count). The standard InChI is InChI=1S/C66H78N4O12S3/c1-10-50(71)18-15-25-83-84-66(6,7)24-23-61(73)68-62(39(2)3)56(72)27-41(5)63(74)67-48-29-42(28-43(30-48)38-82-59-33-44-21-22-49-31-45-16-11-13-19-53(45)69(49)64(75)52(44)36-58(59)79-8)37-81-57-34-47-35-60(85(77,78)80-9)55-32-46-17-12-14-20-54(46)70(55)65(76)51(47)26-40(57)4/h11-14,16-17,19-20,26,28-30,33-34,36,39,41,49,55,60,62H,10,15,18,21-25,27,31-32,35,37-38H2,1-9H3,(H,67,74)(H,68,73)/t41-,49-,55+,60?,62+/m1/s1. The first kappa shape index (κ1) is 62.8. The summed E-state index contributed by atoms with van der Waals surface area (Å²) in [6.07, 6.45) is 5.18. The van der Waals surface area contributed by atoms with Gasteiger partial charge in [0.05, 0.1) is 26.3 Å². The predicted octanol–water partition coefficient (Wildman–Crippen LogP) is 11.5. The number of amides is 4. The van der Waals surface area contributed by atoms with E-state index >= 15 is 0 Å². The number of Topliss-reactive ketones (excluding diaryl/α,β-unsaturated/α-hetero) is 2. The molecule has 4 aliphatic heterocycles. The Hall–Kier alpha value is -6.67. The van der Waals surface area contributed by atoms with Crippen molar-refractivity contribution in [2.45, 2.75) is 160 Å². The van der Waals surface area contributed by atoms with E-state index in [-0.39, 0.29) is 78.5 Å². The summed E-state index contributed by atoms with van der Waals surface area (Å²) < 4.78 is 51.2. The molecule has 4 amide bonds. The van der Waals surface area contributed by atoms with E-state index in [0.29, 0.717) is 94.1 Å². The molecular formula is C66H78N4O12S3. The van der Waals surface area contributed by atoms with Crippen LogP contribution in [0.5, 0.6) is 17.2 Å². The average Bonchev–Trinajstić information content (AvgIpc) is 2.18. The summed E-state index contributed by atoms with van der Waals surface area (Å²) in [6, 6.07) is 26.6. The first-order valence-corrected chi connectivity index (χ1v) is 33.2. The second-order valence-corrected chi connectivity index (χ2v) is 28.8. The fourth-order valence-corrected chi connectivity index (χ4v) is 15.9. The van der Waals surface area contributed by atoms with Crippen molar-refractivity contribution in [1.82, 2.24) is 5.32 Å². The third kappa shape index (κ3) is 14.4. The summed E-state index contributed by atoms with van der Waals surface area (Å²) >= 11 is 0. The van der Waals surface area contributed by atoms with E-state index in [1.54, 1.807) is 63.7 Å². The molecule has 85 heavy (non-hydrogen) atoms. The molecule has 1 unspecified atom stereocenters. The first-order chi connectivity index (χ1) is 40.6. The first-order valence-electron chi connectivity index (χ1n) is 29.4. The van der Waals surface area contributed by atoms with Crippen molar-refractivity contribution in [3.05, 3.63) is 141 Å². The van der Waals surface area contributed by atoms with Crippen molar-refractivity contribution >= 4 is 84.0 Å². The highest BCUT2D eigenvalue weighted by Crippen LogP contribution is 2.44. The Morgan fingerprint density at radius 1 is 0.753 bits per heavy atom. The number of ether oxygens (including phenoxy) is 3. The molecule has 0 bridgehead atoms. The lowest BCUT2D eigenvalue weighted by atomic mass is 9.92. The van der Waals surface area contributed by atoms with Gasteiger partial charge >= 0.3 is 0 Å². The topological polar surface area (TPSA) is 204 Å². The Morgan fingerprint density at radius 2 is 1.39 bits per heavy atom. The largest absolute Gasteiger partial charge is 0.493 e. The number of methoxy groups -OCH3 is 1. The van der Waals surface area contributed by atoms with E-state index < -0.39 is 39.3 Å². The zero-order valence-corrected chi connectivity index (χ0v) is 52.5. The van der Waals surface area contributed by atoms with Gasteiger partial charge in [-0.2, -0.15) is 8.42 Å². The van der Waals surface area contributed by atoms with Crippen LogP contribution < -0.4 is 34.6 Å². The predicted molar refractivity (Wildman–Crippen MR) is 335 cm³/mol. The number of carbonyl (C=O) groups is 6.